The van der Waals surface area contributed by atoms with Crippen LogP contribution in [0.3, 0.4) is 0 Å². The second kappa shape index (κ2) is 11.4. The first-order chi connectivity index (χ1) is 9.26. The molecule has 1 aromatic carbocycles. The van der Waals surface area contributed by atoms with Crippen molar-refractivity contribution in [2.75, 3.05) is 19.6 Å². The van der Waals surface area contributed by atoms with Crippen LogP contribution in [0.15, 0.2) is 35.3 Å². The molecule has 0 aliphatic heterocycles. The summed E-state index contributed by atoms with van der Waals surface area (Å²) >= 11 is 0. The van der Waals surface area contributed by atoms with E-state index in [9.17, 15) is 0 Å². The molecule has 20 heavy (non-hydrogen) atoms. The Hall–Kier alpha value is -1.42. The Morgan fingerprint density at radius 2 is 2.05 bits per heavy atom. The van der Waals surface area contributed by atoms with E-state index in [1.165, 1.54) is 0 Å². The molecule has 0 heterocycles. The van der Waals surface area contributed by atoms with Crippen LogP contribution >= 0.6 is 24.0 Å². The molecule has 1 unspecified atom stereocenters. The van der Waals surface area contributed by atoms with Crippen LogP contribution in [0.4, 0.5) is 0 Å². The van der Waals surface area contributed by atoms with E-state index in [2.05, 4.69) is 21.5 Å². The van der Waals surface area contributed by atoms with Gasteiger partial charge in [0.25, 0.3) is 0 Å². The predicted octanol–water partition coefficient (Wildman–Crippen LogP) is 2.26. The van der Waals surface area contributed by atoms with Crippen LogP contribution in [0.1, 0.15) is 13.8 Å². The molecule has 110 valence electrons. The zero-order chi connectivity index (χ0) is 13.9. The van der Waals surface area contributed by atoms with Crippen molar-refractivity contribution in [1.82, 2.24) is 10.6 Å². The fourth-order valence-corrected chi connectivity index (χ4v) is 1.46. The predicted molar refractivity (Wildman–Crippen MR) is 94.8 cm³/mol. The van der Waals surface area contributed by atoms with E-state index in [1.807, 2.05) is 44.2 Å². The van der Waals surface area contributed by atoms with Gasteiger partial charge in [-0.3, -0.25) is 0 Å². The van der Waals surface area contributed by atoms with Gasteiger partial charge in [-0.2, -0.15) is 0 Å². The number of rotatable bonds is 6. The standard InChI is InChI=1S/C15H21N3O.HI/c1-4-11-17-15(16-5-2)18-12-13(3)19-14-9-7-6-8-10-14;/h1,6-10,13H,5,11-12H2,2-3H3,(H2,16,17,18);1H. The van der Waals surface area contributed by atoms with Crippen molar-refractivity contribution in [2.24, 2.45) is 4.99 Å². The van der Waals surface area contributed by atoms with E-state index in [1.54, 1.807) is 0 Å². The highest BCUT2D eigenvalue weighted by Gasteiger charge is 2.03. The molecule has 4 nitrogen and oxygen atoms in total. The second-order valence-electron chi connectivity index (χ2n) is 4.02. The van der Waals surface area contributed by atoms with Crippen molar-refractivity contribution in [3.63, 3.8) is 0 Å². The average molecular weight is 387 g/mol. The number of para-hydroxylation sites is 1. The normalized spacial score (nSPS) is 11.8. The Morgan fingerprint density at radius 1 is 1.35 bits per heavy atom. The van der Waals surface area contributed by atoms with Crippen molar-refractivity contribution >= 4 is 29.9 Å². The molecule has 0 radical (unpaired) electrons. The largest absolute Gasteiger partial charge is 0.489 e. The Bertz CT molecular complexity index is 428. The third-order valence-electron chi connectivity index (χ3n) is 2.29. The lowest BCUT2D eigenvalue weighted by atomic mass is 10.3. The van der Waals surface area contributed by atoms with Crippen LogP contribution < -0.4 is 15.4 Å². The maximum absolute atomic E-state index is 5.74. The van der Waals surface area contributed by atoms with E-state index < -0.39 is 0 Å². The van der Waals surface area contributed by atoms with Crippen LogP contribution in [0, 0.1) is 12.3 Å². The Labute approximate surface area is 138 Å². The number of guanidine groups is 1. The minimum atomic E-state index is 0. The summed E-state index contributed by atoms with van der Waals surface area (Å²) in [4.78, 5) is 4.42. The maximum Gasteiger partial charge on any atom is 0.192 e. The smallest absolute Gasteiger partial charge is 0.192 e. The highest BCUT2D eigenvalue weighted by Crippen LogP contribution is 2.10. The van der Waals surface area contributed by atoms with Gasteiger partial charge in [0.2, 0.25) is 0 Å². The van der Waals surface area contributed by atoms with Crippen molar-refractivity contribution in [2.45, 2.75) is 20.0 Å². The van der Waals surface area contributed by atoms with Gasteiger partial charge in [0.15, 0.2) is 5.96 Å². The monoisotopic (exact) mass is 387 g/mol. The van der Waals surface area contributed by atoms with Crippen LogP contribution in [-0.2, 0) is 0 Å². The topological polar surface area (TPSA) is 45.7 Å². The molecule has 0 bridgehead atoms. The number of nitrogens with one attached hydrogen (secondary N) is 2. The Morgan fingerprint density at radius 3 is 2.65 bits per heavy atom. The van der Waals surface area contributed by atoms with E-state index >= 15 is 0 Å². The van der Waals surface area contributed by atoms with Gasteiger partial charge in [-0.05, 0) is 26.0 Å². The van der Waals surface area contributed by atoms with Crippen LogP contribution in [0.5, 0.6) is 5.75 Å². The average Bonchev–Trinajstić information content (AvgIpc) is 2.43. The number of hydrogen-bond donors (Lipinski definition) is 2. The number of halogens is 1. The SMILES string of the molecule is C#CCNC(=NCC(C)Oc1ccccc1)NCC.I. The molecule has 1 rings (SSSR count). The lowest BCUT2D eigenvalue weighted by Gasteiger charge is -2.14. The Balaban J connectivity index is 0.00000361. The summed E-state index contributed by atoms with van der Waals surface area (Å²) in [6, 6.07) is 9.72. The summed E-state index contributed by atoms with van der Waals surface area (Å²) in [6.45, 7) is 5.82. The minimum Gasteiger partial charge on any atom is -0.489 e. The second-order valence-corrected chi connectivity index (χ2v) is 4.02. The molecule has 0 spiro atoms. The number of ether oxygens (including phenoxy) is 1. The van der Waals surface area contributed by atoms with Gasteiger partial charge < -0.3 is 15.4 Å². The molecule has 5 heteroatoms. The number of hydrogen-bond acceptors (Lipinski definition) is 2. The fraction of sp³-hybridized carbons (Fsp3) is 0.400. The third kappa shape index (κ3) is 7.89. The summed E-state index contributed by atoms with van der Waals surface area (Å²) < 4.78 is 5.74. The number of terminal acetylenes is 1. The lowest BCUT2D eigenvalue weighted by molar-refractivity contribution is 0.230. The van der Waals surface area contributed by atoms with Gasteiger partial charge in [-0.1, -0.05) is 24.1 Å². The molecule has 0 aliphatic carbocycles. The first-order valence-electron chi connectivity index (χ1n) is 6.43. The van der Waals surface area contributed by atoms with Crippen molar-refractivity contribution in [3.8, 4) is 18.1 Å². The number of benzene rings is 1. The maximum atomic E-state index is 5.74. The number of aliphatic imine (C=N–C) groups is 1. The quantitative estimate of drug-likeness (QED) is 0.341. The molecule has 0 saturated heterocycles. The summed E-state index contributed by atoms with van der Waals surface area (Å²) in [5, 5.41) is 6.16. The summed E-state index contributed by atoms with van der Waals surface area (Å²) in [5.41, 5.74) is 0. The molecule has 0 aromatic heterocycles. The van der Waals surface area contributed by atoms with Crippen LogP contribution in [-0.4, -0.2) is 31.7 Å². The Kier molecular flexibility index (Phi) is 10.6. The van der Waals surface area contributed by atoms with Gasteiger partial charge >= 0.3 is 0 Å². The fourth-order valence-electron chi connectivity index (χ4n) is 1.46. The molecule has 0 aliphatic rings. The van der Waals surface area contributed by atoms with Crippen molar-refractivity contribution in [3.05, 3.63) is 30.3 Å². The van der Waals surface area contributed by atoms with Gasteiger partial charge in [-0.15, -0.1) is 30.4 Å². The van der Waals surface area contributed by atoms with Crippen molar-refractivity contribution in [1.29, 1.82) is 0 Å². The first kappa shape index (κ1) is 18.6. The zero-order valence-corrected chi connectivity index (χ0v) is 14.3. The lowest BCUT2D eigenvalue weighted by Crippen LogP contribution is -2.38. The van der Waals surface area contributed by atoms with Gasteiger partial charge in [-0.25, -0.2) is 4.99 Å². The zero-order valence-electron chi connectivity index (χ0n) is 11.9. The van der Waals surface area contributed by atoms with E-state index in [0.29, 0.717) is 19.0 Å². The molecule has 0 fully saturated rings. The van der Waals surface area contributed by atoms with Gasteiger partial charge in [0.05, 0.1) is 13.1 Å². The molecular formula is C15H22IN3O. The van der Waals surface area contributed by atoms with Crippen LogP contribution in [0.25, 0.3) is 0 Å². The van der Waals surface area contributed by atoms with E-state index in [4.69, 9.17) is 11.2 Å². The summed E-state index contributed by atoms with van der Waals surface area (Å²) in [7, 11) is 0. The van der Waals surface area contributed by atoms with Crippen LogP contribution in [0.2, 0.25) is 0 Å². The molecular weight excluding hydrogens is 365 g/mol. The molecule has 0 saturated carbocycles. The van der Waals surface area contributed by atoms with Gasteiger partial charge in [0, 0.05) is 6.54 Å². The molecule has 1 atom stereocenters. The molecule has 1 aromatic rings. The minimum absolute atomic E-state index is 0. The summed E-state index contributed by atoms with van der Waals surface area (Å²) in [5.74, 6) is 4.09. The number of nitrogens with zero attached hydrogens (tertiary/aromatic N) is 1. The van der Waals surface area contributed by atoms with E-state index in [0.717, 1.165) is 12.3 Å². The first-order valence-corrected chi connectivity index (χ1v) is 6.43. The van der Waals surface area contributed by atoms with E-state index in [-0.39, 0.29) is 30.1 Å². The highest BCUT2D eigenvalue weighted by molar-refractivity contribution is 14.0. The summed E-state index contributed by atoms with van der Waals surface area (Å²) in [6.07, 6.45) is 5.21. The van der Waals surface area contributed by atoms with Gasteiger partial charge in [0.1, 0.15) is 11.9 Å². The molecule has 2 N–H and O–H groups in total. The third-order valence-corrected chi connectivity index (χ3v) is 2.29. The highest BCUT2D eigenvalue weighted by atomic mass is 127. The molecule has 0 amide bonds. The van der Waals surface area contributed by atoms with Crippen molar-refractivity contribution < 1.29 is 4.74 Å².